The first kappa shape index (κ1) is 14.8. The Labute approximate surface area is 116 Å². The Balaban J connectivity index is 2.69. The maximum atomic E-state index is 11.8. The highest BCUT2D eigenvalue weighted by Crippen LogP contribution is 2.19. The van der Waals surface area contributed by atoms with Gasteiger partial charge in [-0.25, -0.2) is 4.79 Å². The van der Waals surface area contributed by atoms with Gasteiger partial charge in [-0.2, -0.15) is 0 Å². The number of benzene rings is 1. The van der Waals surface area contributed by atoms with E-state index in [0.717, 1.165) is 10.0 Å². The van der Waals surface area contributed by atoms with Crippen molar-refractivity contribution in [3.8, 4) is 0 Å². The van der Waals surface area contributed by atoms with Gasteiger partial charge in [-0.15, -0.1) is 0 Å². The fraction of sp³-hybridized carbons (Fsp3) is 0.462. The van der Waals surface area contributed by atoms with Gasteiger partial charge in [0.05, 0.1) is 0 Å². The number of anilines is 1. The number of carbonyl (C=O) groups excluding carboxylic acids is 1. The molecule has 0 aromatic heterocycles. The average Bonchev–Trinajstić information content (AvgIpc) is 2.12. The predicted molar refractivity (Wildman–Crippen MR) is 76.3 cm³/mol. The molecule has 0 aliphatic carbocycles. The minimum atomic E-state index is -0.484. The van der Waals surface area contributed by atoms with Gasteiger partial charge < -0.3 is 15.4 Å². The van der Waals surface area contributed by atoms with Gasteiger partial charge in [0.25, 0.3) is 0 Å². The molecule has 0 bridgehead atoms. The summed E-state index contributed by atoms with van der Waals surface area (Å²) in [5.74, 6) is 0. The van der Waals surface area contributed by atoms with Gasteiger partial charge in [-0.1, -0.05) is 15.9 Å². The molecule has 4 nitrogen and oxygen atoms in total. The second kappa shape index (κ2) is 5.61. The fourth-order valence-electron chi connectivity index (χ4n) is 1.44. The van der Waals surface area contributed by atoms with Crippen molar-refractivity contribution in [1.29, 1.82) is 0 Å². The number of rotatable bonds is 2. The van der Waals surface area contributed by atoms with Crippen molar-refractivity contribution in [1.82, 2.24) is 4.90 Å². The zero-order valence-electron chi connectivity index (χ0n) is 11.2. The molecule has 2 N–H and O–H groups in total. The zero-order chi connectivity index (χ0) is 13.9. The molecule has 1 aromatic carbocycles. The summed E-state index contributed by atoms with van der Waals surface area (Å²) in [6.45, 7) is 5.99. The average molecular weight is 315 g/mol. The van der Waals surface area contributed by atoms with Gasteiger partial charge in [0.15, 0.2) is 0 Å². The van der Waals surface area contributed by atoms with Gasteiger partial charge in [0.2, 0.25) is 0 Å². The van der Waals surface area contributed by atoms with Crippen molar-refractivity contribution in [2.75, 3.05) is 12.8 Å². The molecule has 0 heterocycles. The maximum Gasteiger partial charge on any atom is 0.410 e. The van der Waals surface area contributed by atoms with E-state index in [1.165, 1.54) is 4.90 Å². The summed E-state index contributed by atoms with van der Waals surface area (Å²) in [7, 11) is 1.70. The molecule has 5 heteroatoms. The van der Waals surface area contributed by atoms with Gasteiger partial charge in [0.1, 0.15) is 5.60 Å². The van der Waals surface area contributed by atoms with Crippen LogP contribution in [0.2, 0.25) is 0 Å². The lowest BCUT2D eigenvalue weighted by atomic mass is 10.2. The summed E-state index contributed by atoms with van der Waals surface area (Å²) in [6, 6.07) is 5.58. The number of hydrogen-bond donors (Lipinski definition) is 1. The molecule has 0 aliphatic heterocycles. The van der Waals surface area contributed by atoms with Crippen molar-refractivity contribution >= 4 is 27.7 Å². The number of carbonyl (C=O) groups is 1. The SMILES string of the molecule is CN(Cc1cc(N)cc(Br)c1)C(=O)OC(C)(C)C. The smallest absolute Gasteiger partial charge is 0.410 e. The van der Waals surface area contributed by atoms with E-state index in [9.17, 15) is 4.79 Å². The molecule has 18 heavy (non-hydrogen) atoms. The van der Waals surface area contributed by atoms with E-state index in [0.29, 0.717) is 12.2 Å². The summed E-state index contributed by atoms with van der Waals surface area (Å²) in [6.07, 6.45) is -0.346. The highest BCUT2D eigenvalue weighted by atomic mass is 79.9. The number of ether oxygens (including phenoxy) is 1. The maximum absolute atomic E-state index is 11.8. The van der Waals surface area contributed by atoms with Crippen molar-refractivity contribution in [2.24, 2.45) is 0 Å². The van der Waals surface area contributed by atoms with Crippen LogP contribution in [0.5, 0.6) is 0 Å². The van der Waals surface area contributed by atoms with E-state index >= 15 is 0 Å². The lowest BCUT2D eigenvalue weighted by Gasteiger charge is -2.24. The van der Waals surface area contributed by atoms with Crippen LogP contribution in [0.25, 0.3) is 0 Å². The van der Waals surface area contributed by atoms with E-state index < -0.39 is 5.60 Å². The Kier molecular flexibility index (Phi) is 4.62. The summed E-state index contributed by atoms with van der Waals surface area (Å²) >= 11 is 3.37. The molecule has 0 fully saturated rings. The van der Waals surface area contributed by atoms with Crippen molar-refractivity contribution < 1.29 is 9.53 Å². The van der Waals surface area contributed by atoms with Crippen LogP contribution >= 0.6 is 15.9 Å². The summed E-state index contributed by atoms with van der Waals surface area (Å²) in [5, 5.41) is 0. The third kappa shape index (κ3) is 4.96. The normalized spacial score (nSPS) is 11.2. The Hall–Kier alpha value is -1.23. The molecular weight excluding hydrogens is 296 g/mol. The van der Waals surface area contributed by atoms with Crippen molar-refractivity contribution in [2.45, 2.75) is 32.9 Å². The summed E-state index contributed by atoms with van der Waals surface area (Å²) in [5.41, 5.74) is 6.88. The number of nitrogen functional groups attached to an aromatic ring is 1. The lowest BCUT2D eigenvalue weighted by Crippen LogP contribution is -2.33. The van der Waals surface area contributed by atoms with Crippen LogP contribution in [0, 0.1) is 0 Å². The second-order valence-electron chi connectivity index (χ2n) is 5.23. The zero-order valence-corrected chi connectivity index (χ0v) is 12.7. The van der Waals surface area contributed by atoms with E-state index in [1.807, 2.05) is 39.0 Å². The third-order valence-electron chi connectivity index (χ3n) is 2.10. The van der Waals surface area contributed by atoms with E-state index in [4.69, 9.17) is 10.5 Å². The van der Waals surface area contributed by atoms with Gasteiger partial charge in [0, 0.05) is 23.8 Å². The minimum Gasteiger partial charge on any atom is -0.444 e. The standard InChI is InChI=1S/C13H19BrN2O2/c1-13(2,3)18-12(17)16(4)8-9-5-10(14)7-11(15)6-9/h5-7H,8,15H2,1-4H3. The Morgan fingerprint density at radius 3 is 2.50 bits per heavy atom. The topological polar surface area (TPSA) is 55.6 Å². The molecule has 0 unspecified atom stereocenters. The van der Waals surface area contributed by atoms with Crippen LogP contribution in [0.3, 0.4) is 0 Å². The number of halogens is 1. The molecule has 0 saturated carbocycles. The van der Waals surface area contributed by atoms with Crippen LogP contribution in [-0.4, -0.2) is 23.6 Å². The Bertz CT molecular complexity index is 421. The fourth-order valence-corrected chi connectivity index (χ4v) is 2.00. The van der Waals surface area contributed by atoms with E-state index in [-0.39, 0.29) is 6.09 Å². The predicted octanol–water partition coefficient (Wildman–Crippen LogP) is 3.40. The molecule has 100 valence electrons. The largest absolute Gasteiger partial charge is 0.444 e. The van der Waals surface area contributed by atoms with Gasteiger partial charge in [-0.05, 0) is 44.5 Å². The third-order valence-corrected chi connectivity index (χ3v) is 2.56. The molecular formula is C13H19BrN2O2. The molecule has 1 rings (SSSR count). The first-order valence-electron chi connectivity index (χ1n) is 5.66. The van der Waals surface area contributed by atoms with Gasteiger partial charge in [-0.3, -0.25) is 0 Å². The number of nitrogens with two attached hydrogens (primary N) is 1. The molecule has 0 radical (unpaired) electrons. The minimum absolute atomic E-state index is 0.346. The van der Waals surface area contributed by atoms with Crippen LogP contribution in [0.1, 0.15) is 26.3 Å². The van der Waals surface area contributed by atoms with Crippen LogP contribution < -0.4 is 5.73 Å². The molecule has 1 aromatic rings. The summed E-state index contributed by atoms with van der Waals surface area (Å²) in [4.78, 5) is 13.3. The highest BCUT2D eigenvalue weighted by molar-refractivity contribution is 9.10. The van der Waals surface area contributed by atoms with Crippen molar-refractivity contribution in [3.63, 3.8) is 0 Å². The molecule has 0 aliphatic rings. The highest BCUT2D eigenvalue weighted by Gasteiger charge is 2.19. The molecule has 1 amide bonds. The quantitative estimate of drug-likeness (QED) is 0.851. The van der Waals surface area contributed by atoms with Crippen LogP contribution in [0.4, 0.5) is 10.5 Å². The number of amides is 1. The number of hydrogen-bond acceptors (Lipinski definition) is 3. The van der Waals surface area contributed by atoms with Crippen LogP contribution in [0.15, 0.2) is 22.7 Å². The monoisotopic (exact) mass is 314 g/mol. The lowest BCUT2D eigenvalue weighted by molar-refractivity contribution is 0.0285. The second-order valence-corrected chi connectivity index (χ2v) is 6.14. The Morgan fingerprint density at radius 2 is 2.00 bits per heavy atom. The van der Waals surface area contributed by atoms with E-state index in [2.05, 4.69) is 15.9 Å². The first-order chi connectivity index (χ1) is 8.17. The van der Waals surface area contributed by atoms with Crippen molar-refractivity contribution in [3.05, 3.63) is 28.2 Å². The molecule has 0 spiro atoms. The first-order valence-corrected chi connectivity index (χ1v) is 6.46. The molecule has 0 atom stereocenters. The van der Waals surface area contributed by atoms with E-state index in [1.54, 1.807) is 7.05 Å². The van der Waals surface area contributed by atoms with Crippen LogP contribution in [-0.2, 0) is 11.3 Å². The Morgan fingerprint density at radius 1 is 1.39 bits per heavy atom. The van der Waals surface area contributed by atoms with Gasteiger partial charge >= 0.3 is 6.09 Å². The molecule has 0 saturated heterocycles. The summed E-state index contributed by atoms with van der Waals surface area (Å²) < 4.78 is 6.17. The number of nitrogens with zero attached hydrogens (tertiary/aromatic N) is 1.